The van der Waals surface area contributed by atoms with Crippen molar-refractivity contribution in [3.63, 3.8) is 0 Å². The third kappa shape index (κ3) is 3.49. The second-order valence-electron chi connectivity index (χ2n) is 7.69. The lowest BCUT2D eigenvalue weighted by Gasteiger charge is -2.43. The third-order valence-electron chi connectivity index (χ3n) is 5.23. The number of nitrogens with zero attached hydrogens (tertiary/aromatic N) is 2. The van der Waals surface area contributed by atoms with Crippen molar-refractivity contribution in [3.05, 3.63) is 60.1 Å². The number of amides is 2. The van der Waals surface area contributed by atoms with Crippen molar-refractivity contribution in [2.45, 2.75) is 42.1 Å². The molecular weight excluding hydrogens is 406 g/mol. The lowest BCUT2D eigenvalue weighted by atomic mass is 9.95. The number of aliphatic carboxylic acids is 1. The van der Waals surface area contributed by atoms with Crippen molar-refractivity contribution in [1.29, 1.82) is 0 Å². The second-order valence-corrected chi connectivity index (χ2v) is 9.46. The van der Waals surface area contributed by atoms with Gasteiger partial charge in [-0.25, -0.2) is 4.79 Å². The lowest BCUT2D eigenvalue weighted by Crippen LogP contribution is -2.70. The van der Waals surface area contributed by atoms with E-state index in [9.17, 15) is 19.5 Å². The van der Waals surface area contributed by atoms with Gasteiger partial charge in [0.15, 0.2) is 6.04 Å². The van der Waals surface area contributed by atoms with Gasteiger partial charge in [0.2, 0.25) is 11.8 Å². The van der Waals surface area contributed by atoms with Crippen LogP contribution in [0.5, 0.6) is 0 Å². The molecule has 1 aromatic heterocycles. The molecule has 3 heterocycles. The molecule has 8 nitrogen and oxygen atoms in total. The highest BCUT2D eigenvalue weighted by Crippen LogP contribution is 2.50. The zero-order valence-electron chi connectivity index (χ0n) is 16.4. The first-order valence-corrected chi connectivity index (χ1v) is 10.3. The molecule has 1 aromatic carbocycles. The standard InChI is InChI=1S/C21H21N3O5S/c1-21(2)16(20(27)28)24-18(26)15(19(24)30-21)23-17(25)14(12-7-4-3-5-8-12)22-11-13-9-6-10-29-13/h3-11,14-16,19H,1-2H3,(H,23,25)(H,27,28). The Morgan fingerprint density at radius 1 is 1.27 bits per heavy atom. The molecule has 0 spiro atoms. The second kappa shape index (κ2) is 7.64. The molecule has 30 heavy (non-hydrogen) atoms. The van der Waals surface area contributed by atoms with Gasteiger partial charge < -0.3 is 19.7 Å². The summed E-state index contributed by atoms with van der Waals surface area (Å²) in [7, 11) is 0. The zero-order chi connectivity index (χ0) is 21.5. The van der Waals surface area contributed by atoms with Gasteiger partial charge in [0, 0.05) is 4.75 Å². The summed E-state index contributed by atoms with van der Waals surface area (Å²) in [5, 5.41) is 11.9. The first-order chi connectivity index (χ1) is 14.3. The number of β-lactam (4-membered cyclic amide) rings is 1. The van der Waals surface area contributed by atoms with Crippen LogP contribution in [0.15, 0.2) is 58.1 Å². The number of benzene rings is 1. The number of carboxylic acids is 1. The minimum atomic E-state index is -1.04. The van der Waals surface area contributed by atoms with Crippen LogP contribution >= 0.6 is 11.8 Å². The van der Waals surface area contributed by atoms with Crippen LogP contribution in [0.1, 0.15) is 31.2 Å². The predicted octanol–water partition coefficient (Wildman–Crippen LogP) is 2.07. The number of carboxylic acid groups (broad SMARTS) is 1. The minimum absolute atomic E-state index is 0.388. The molecule has 0 aliphatic carbocycles. The molecule has 0 saturated carbocycles. The number of hydrogen-bond acceptors (Lipinski definition) is 6. The molecule has 2 fully saturated rings. The molecule has 2 N–H and O–H groups in total. The van der Waals surface area contributed by atoms with Gasteiger partial charge in [0.25, 0.3) is 0 Å². The molecule has 9 heteroatoms. The quantitative estimate of drug-likeness (QED) is 0.539. The molecule has 0 bridgehead atoms. The number of hydrogen-bond donors (Lipinski definition) is 2. The first-order valence-electron chi connectivity index (χ1n) is 9.44. The van der Waals surface area contributed by atoms with Gasteiger partial charge in [-0.15, -0.1) is 11.8 Å². The highest BCUT2D eigenvalue weighted by atomic mass is 32.2. The number of aliphatic imine (C=N–C) groups is 1. The summed E-state index contributed by atoms with van der Waals surface area (Å²) >= 11 is 1.38. The fraction of sp³-hybridized carbons (Fsp3) is 0.333. The number of carbonyl (C=O) groups is 3. The Morgan fingerprint density at radius 3 is 2.63 bits per heavy atom. The van der Waals surface area contributed by atoms with E-state index in [4.69, 9.17) is 4.42 Å². The van der Waals surface area contributed by atoms with Crippen LogP contribution in [-0.2, 0) is 14.4 Å². The summed E-state index contributed by atoms with van der Waals surface area (Å²) in [6.45, 7) is 3.59. The smallest absolute Gasteiger partial charge is 0.327 e. The van der Waals surface area contributed by atoms with E-state index in [1.165, 1.54) is 29.1 Å². The van der Waals surface area contributed by atoms with E-state index >= 15 is 0 Å². The highest BCUT2D eigenvalue weighted by Gasteiger charge is 2.64. The maximum atomic E-state index is 13.1. The van der Waals surface area contributed by atoms with Crippen LogP contribution < -0.4 is 5.32 Å². The van der Waals surface area contributed by atoms with Crippen molar-refractivity contribution in [1.82, 2.24) is 10.2 Å². The maximum Gasteiger partial charge on any atom is 0.327 e. The van der Waals surface area contributed by atoms with Crippen molar-refractivity contribution in [2.75, 3.05) is 0 Å². The monoisotopic (exact) mass is 427 g/mol. The van der Waals surface area contributed by atoms with Crippen molar-refractivity contribution in [2.24, 2.45) is 4.99 Å². The van der Waals surface area contributed by atoms with Gasteiger partial charge in [-0.3, -0.25) is 14.6 Å². The SMILES string of the molecule is CC1(C)SC2C(NC(=O)C(N=Cc3ccco3)c3ccccc3)C(=O)N2C1C(=O)O. The van der Waals surface area contributed by atoms with Gasteiger partial charge in [-0.05, 0) is 31.5 Å². The number of furan rings is 1. The van der Waals surface area contributed by atoms with Crippen LogP contribution in [0.4, 0.5) is 0 Å². The summed E-state index contributed by atoms with van der Waals surface area (Å²) in [5.41, 5.74) is 0.671. The van der Waals surface area contributed by atoms with Crippen molar-refractivity contribution in [3.8, 4) is 0 Å². The van der Waals surface area contributed by atoms with E-state index in [0.29, 0.717) is 11.3 Å². The fourth-order valence-corrected chi connectivity index (χ4v) is 5.46. The number of carbonyl (C=O) groups excluding carboxylic acids is 2. The molecule has 2 aromatic rings. The number of nitrogens with one attached hydrogen (secondary N) is 1. The number of rotatable bonds is 6. The van der Waals surface area contributed by atoms with E-state index in [1.54, 1.807) is 50.2 Å². The topological polar surface area (TPSA) is 112 Å². The minimum Gasteiger partial charge on any atom is -0.480 e. The van der Waals surface area contributed by atoms with Crippen molar-refractivity contribution >= 4 is 35.8 Å². The largest absolute Gasteiger partial charge is 0.480 e. The van der Waals surface area contributed by atoms with E-state index < -0.39 is 40.1 Å². The Morgan fingerprint density at radius 2 is 2.00 bits per heavy atom. The van der Waals surface area contributed by atoms with Crippen LogP contribution in [0.2, 0.25) is 0 Å². The van der Waals surface area contributed by atoms with Crippen LogP contribution in [0, 0.1) is 0 Å². The Balaban J connectivity index is 1.54. The molecule has 2 aliphatic rings. The van der Waals surface area contributed by atoms with Gasteiger partial charge in [0.05, 0.1) is 12.5 Å². The fourth-order valence-electron chi connectivity index (χ4n) is 3.83. The Kier molecular flexibility index (Phi) is 5.15. The lowest BCUT2D eigenvalue weighted by molar-refractivity contribution is -0.161. The normalized spacial score (nSPS) is 25.6. The third-order valence-corrected chi connectivity index (χ3v) is 6.80. The van der Waals surface area contributed by atoms with E-state index in [2.05, 4.69) is 10.3 Å². The summed E-state index contributed by atoms with van der Waals surface area (Å²) in [6.07, 6.45) is 2.98. The zero-order valence-corrected chi connectivity index (χ0v) is 17.2. The molecule has 4 atom stereocenters. The van der Waals surface area contributed by atoms with E-state index in [1.807, 2.05) is 6.07 Å². The van der Waals surface area contributed by atoms with Crippen molar-refractivity contribution < 1.29 is 23.9 Å². The summed E-state index contributed by atoms with van der Waals surface area (Å²) in [6, 6.07) is 9.89. The Hall–Kier alpha value is -3.07. The van der Waals surface area contributed by atoms with E-state index in [0.717, 1.165) is 0 Å². The maximum absolute atomic E-state index is 13.1. The van der Waals surface area contributed by atoms with Crippen LogP contribution in [0.3, 0.4) is 0 Å². The predicted molar refractivity (Wildman–Crippen MR) is 111 cm³/mol. The summed E-state index contributed by atoms with van der Waals surface area (Å²) < 4.78 is 4.59. The number of thioether (sulfide) groups is 1. The van der Waals surface area contributed by atoms with Crippen LogP contribution in [-0.4, -0.2) is 56.2 Å². The number of fused-ring (bicyclic) bond motifs is 1. The first kappa shape index (κ1) is 20.2. The molecule has 2 aliphatic heterocycles. The highest BCUT2D eigenvalue weighted by molar-refractivity contribution is 8.01. The average molecular weight is 427 g/mol. The van der Waals surface area contributed by atoms with Gasteiger partial charge in [0.1, 0.15) is 23.2 Å². The van der Waals surface area contributed by atoms with Gasteiger partial charge in [-0.2, -0.15) is 0 Å². The molecule has 2 amide bonds. The Bertz CT molecular complexity index is 989. The molecular formula is C21H21N3O5S. The molecule has 4 rings (SSSR count). The molecule has 4 unspecified atom stereocenters. The summed E-state index contributed by atoms with van der Waals surface area (Å²) in [5.74, 6) is -1.36. The molecule has 156 valence electrons. The Labute approximate surface area is 177 Å². The average Bonchev–Trinajstić information content (AvgIpc) is 3.31. The van der Waals surface area contributed by atoms with Gasteiger partial charge in [-0.1, -0.05) is 30.3 Å². The molecule has 0 radical (unpaired) electrons. The van der Waals surface area contributed by atoms with Crippen LogP contribution in [0.25, 0.3) is 0 Å². The van der Waals surface area contributed by atoms with Gasteiger partial charge >= 0.3 is 5.97 Å². The molecule has 2 saturated heterocycles. The summed E-state index contributed by atoms with van der Waals surface area (Å²) in [4.78, 5) is 43.1. The van der Waals surface area contributed by atoms with E-state index in [-0.39, 0.29) is 5.91 Å².